The number of benzene rings is 2. The highest BCUT2D eigenvalue weighted by atomic mass is 32.2. The van der Waals surface area contributed by atoms with Gasteiger partial charge in [-0.2, -0.15) is 0 Å². The van der Waals surface area contributed by atoms with Crippen molar-refractivity contribution in [1.29, 1.82) is 0 Å². The topological polar surface area (TPSA) is 79.3 Å². The number of likely N-dealkylation sites (N-methyl/N-ethyl adjacent to an activating group) is 1. The van der Waals surface area contributed by atoms with E-state index in [1.54, 1.807) is 31.4 Å². The Hall–Kier alpha value is -2.55. The van der Waals surface area contributed by atoms with Crippen LogP contribution >= 0.6 is 11.8 Å². The van der Waals surface area contributed by atoms with Gasteiger partial charge in [0.05, 0.1) is 12.8 Å². The summed E-state index contributed by atoms with van der Waals surface area (Å²) in [5, 5.41) is 10.7. The highest BCUT2D eigenvalue weighted by molar-refractivity contribution is 7.99. The number of anilines is 1. The van der Waals surface area contributed by atoms with Crippen LogP contribution in [0.2, 0.25) is 0 Å². The number of amides is 1. The number of carbonyl (C=O) groups excluding carboxylic acids is 2. The van der Waals surface area contributed by atoms with Crippen molar-refractivity contribution in [3.05, 3.63) is 54.1 Å². The zero-order chi connectivity index (χ0) is 21.9. The van der Waals surface area contributed by atoms with Gasteiger partial charge in [-0.05, 0) is 43.9 Å². The van der Waals surface area contributed by atoms with Crippen LogP contribution in [0.3, 0.4) is 0 Å². The monoisotopic (exact) mass is 430 g/mol. The molecule has 0 fully saturated rings. The Bertz CT molecular complexity index is 918. The van der Waals surface area contributed by atoms with Crippen LogP contribution in [0.4, 0.5) is 5.69 Å². The molecule has 160 valence electrons. The lowest BCUT2D eigenvalue weighted by molar-refractivity contribution is -0.208. The SMILES string of the molecule is COc1ccc([C@@H]2Sc3ccccc3N(CCN(C)C)C(=O)[C@]2(O)OC(C)=O)cc1. The van der Waals surface area contributed by atoms with E-state index in [9.17, 15) is 14.7 Å². The highest BCUT2D eigenvalue weighted by Gasteiger charge is 2.53. The summed E-state index contributed by atoms with van der Waals surface area (Å²) in [6.45, 7) is 2.10. The number of nitrogens with zero attached hydrogens (tertiary/aromatic N) is 2. The van der Waals surface area contributed by atoms with Crippen LogP contribution in [0.25, 0.3) is 0 Å². The minimum atomic E-state index is -2.36. The number of thioether (sulfide) groups is 1. The quantitative estimate of drug-likeness (QED) is 0.558. The second-order valence-electron chi connectivity index (χ2n) is 7.29. The molecular formula is C22H26N2O5S. The lowest BCUT2D eigenvalue weighted by Crippen LogP contribution is -2.55. The van der Waals surface area contributed by atoms with Crippen molar-refractivity contribution in [2.75, 3.05) is 39.2 Å². The number of carbonyl (C=O) groups is 2. The molecule has 3 rings (SSSR count). The molecule has 0 aromatic heterocycles. The van der Waals surface area contributed by atoms with Gasteiger partial charge in [0, 0.05) is 24.9 Å². The average Bonchev–Trinajstić information content (AvgIpc) is 2.80. The number of ether oxygens (including phenoxy) is 2. The van der Waals surface area contributed by atoms with Gasteiger partial charge in [-0.1, -0.05) is 24.3 Å². The summed E-state index contributed by atoms with van der Waals surface area (Å²) >= 11 is 1.29. The molecule has 2 aromatic rings. The van der Waals surface area contributed by atoms with Crippen molar-refractivity contribution in [2.45, 2.75) is 22.9 Å². The third kappa shape index (κ3) is 4.45. The lowest BCUT2D eigenvalue weighted by atomic mass is 10.0. The molecule has 8 heteroatoms. The van der Waals surface area contributed by atoms with Crippen LogP contribution in [-0.4, -0.2) is 62.0 Å². The first-order chi connectivity index (χ1) is 14.3. The normalized spacial score (nSPS) is 21.2. The molecule has 2 aromatic carbocycles. The number of para-hydroxylation sites is 1. The number of methoxy groups -OCH3 is 1. The molecule has 0 aliphatic carbocycles. The Labute approximate surface area is 180 Å². The molecule has 0 unspecified atom stereocenters. The zero-order valence-electron chi connectivity index (χ0n) is 17.5. The van der Waals surface area contributed by atoms with Crippen LogP contribution in [0.1, 0.15) is 17.7 Å². The van der Waals surface area contributed by atoms with E-state index in [0.29, 0.717) is 30.1 Å². The summed E-state index contributed by atoms with van der Waals surface area (Å²) in [6.07, 6.45) is 0. The molecule has 7 nitrogen and oxygen atoms in total. The zero-order valence-corrected chi connectivity index (χ0v) is 18.3. The molecular weight excluding hydrogens is 404 g/mol. The Morgan fingerprint density at radius 3 is 2.47 bits per heavy atom. The van der Waals surface area contributed by atoms with Crippen molar-refractivity contribution < 1.29 is 24.2 Å². The predicted octanol–water partition coefficient (Wildman–Crippen LogP) is 2.69. The molecule has 30 heavy (non-hydrogen) atoms. The summed E-state index contributed by atoms with van der Waals surface area (Å²) in [5.41, 5.74) is 1.32. The van der Waals surface area contributed by atoms with Gasteiger partial charge in [0.15, 0.2) is 0 Å². The number of hydrogen-bond donors (Lipinski definition) is 1. The van der Waals surface area contributed by atoms with E-state index in [2.05, 4.69) is 0 Å². The standard InChI is InChI=1S/C22H26N2O5S/c1-15(25)29-22(27)20(16-9-11-17(28-4)12-10-16)30-19-8-6-5-7-18(19)24(21(22)26)14-13-23(2)3/h5-12,20,27H,13-14H2,1-4H3/t20-,22+/m0/s1. The third-order valence-electron chi connectivity index (χ3n) is 4.80. The molecule has 0 saturated carbocycles. The summed E-state index contributed by atoms with van der Waals surface area (Å²) < 4.78 is 10.5. The number of fused-ring (bicyclic) bond motifs is 1. The predicted molar refractivity (Wildman–Crippen MR) is 116 cm³/mol. The first-order valence-electron chi connectivity index (χ1n) is 9.54. The van der Waals surface area contributed by atoms with Gasteiger partial charge in [0.2, 0.25) is 0 Å². The number of esters is 1. The summed E-state index contributed by atoms with van der Waals surface area (Å²) in [4.78, 5) is 29.8. The second-order valence-corrected chi connectivity index (χ2v) is 8.44. The fourth-order valence-electron chi connectivity index (χ4n) is 3.31. The van der Waals surface area contributed by atoms with Crippen LogP contribution in [0.5, 0.6) is 5.75 Å². The minimum Gasteiger partial charge on any atom is -0.497 e. The summed E-state index contributed by atoms with van der Waals surface area (Å²) in [7, 11) is 5.37. The molecule has 1 aliphatic heterocycles. The Morgan fingerprint density at radius 1 is 1.20 bits per heavy atom. The summed E-state index contributed by atoms with van der Waals surface area (Å²) in [6, 6.07) is 14.5. The maximum Gasteiger partial charge on any atom is 0.308 e. The van der Waals surface area contributed by atoms with Crippen LogP contribution < -0.4 is 9.64 Å². The molecule has 0 radical (unpaired) electrons. The van der Waals surface area contributed by atoms with Gasteiger partial charge in [-0.3, -0.25) is 9.59 Å². The molecule has 1 aliphatic rings. The number of aliphatic hydroxyl groups is 1. The Balaban J connectivity index is 2.13. The fourth-order valence-corrected chi connectivity index (χ4v) is 4.62. The van der Waals surface area contributed by atoms with E-state index in [1.807, 2.05) is 43.3 Å². The van der Waals surface area contributed by atoms with E-state index < -0.39 is 22.9 Å². The van der Waals surface area contributed by atoms with Crippen molar-refractivity contribution in [3.8, 4) is 5.75 Å². The van der Waals surface area contributed by atoms with Crippen molar-refractivity contribution in [1.82, 2.24) is 4.90 Å². The average molecular weight is 431 g/mol. The number of rotatable bonds is 6. The van der Waals surface area contributed by atoms with Gasteiger partial charge in [0.1, 0.15) is 11.0 Å². The molecule has 1 heterocycles. The Kier molecular flexibility index (Phi) is 6.70. The lowest BCUT2D eigenvalue weighted by Gasteiger charge is -2.34. The van der Waals surface area contributed by atoms with Gasteiger partial charge in [-0.25, -0.2) is 0 Å². The van der Waals surface area contributed by atoms with E-state index in [4.69, 9.17) is 9.47 Å². The third-order valence-corrected chi connectivity index (χ3v) is 6.22. The summed E-state index contributed by atoms with van der Waals surface area (Å²) in [5.74, 6) is -3.12. The van der Waals surface area contributed by atoms with Crippen molar-refractivity contribution in [2.24, 2.45) is 0 Å². The molecule has 0 spiro atoms. The van der Waals surface area contributed by atoms with E-state index in [-0.39, 0.29) is 0 Å². The van der Waals surface area contributed by atoms with Crippen LogP contribution in [-0.2, 0) is 14.3 Å². The van der Waals surface area contributed by atoms with Gasteiger partial charge < -0.3 is 24.4 Å². The van der Waals surface area contributed by atoms with Gasteiger partial charge in [0.25, 0.3) is 0 Å². The van der Waals surface area contributed by atoms with Gasteiger partial charge in [-0.15, -0.1) is 11.8 Å². The van der Waals surface area contributed by atoms with Crippen LogP contribution in [0.15, 0.2) is 53.4 Å². The van der Waals surface area contributed by atoms with E-state index in [0.717, 1.165) is 4.90 Å². The van der Waals surface area contributed by atoms with Gasteiger partial charge >= 0.3 is 17.7 Å². The molecule has 2 atom stereocenters. The van der Waals surface area contributed by atoms with E-state index >= 15 is 0 Å². The fraction of sp³-hybridized carbons (Fsp3) is 0.364. The minimum absolute atomic E-state index is 0.336. The Morgan fingerprint density at radius 2 is 1.87 bits per heavy atom. The first-order valence-corrected chi connectivity index (χ1v) is 10.4. The molecule has 1 amide bonds. The van der Waals surface area contributed by atoms with Crippen molar-refractivity contribution >= 4 is 29.3 Å². The highest BCUT2D eigenvalue weighted by Crippen LogP contribution is 2.50. The smallest absolute Gasteiger partial charge is 0.308 e. The first kappa shape index (κ1) is 22.1. The van der Waals surface area contributed by atoms with E-state index in [1.165, 1.54) is 23.6 Å². The van der Waals surface area contributed by atoms with Crippen molar-refractivity contribution in [3.63, 3.8) is 0 Å². The molecule has 0 bridgehead atoms. The second kappa shape index (κ2) is 9.07. The van der Waals surface area contributed by atoms with Crippen LogP contribution in [0, 0.1) is 0 Å². The molecule has 1 N–H and O–H groups in total. The molecule has 0 saturated heterocycles. The maximum atomic E-state index is 13.6. The number of hydrogen-bond acceptors (Lipinski definition) is 7. The largest absolute Gasteiger partial charge is 0.497 e. The maximum absolute atomic E-state index is 13.6.